The standard InChI is InChI=1S/C12H15N5O2S/c1-3-17-11(19)15-16-12(17)20-9-6-7(13)4-5-8(9)10(18)14-2/h4-6H,3,13H2,1-2H3,(H,14,18)(H,15,19). The maximum atomic E-state index is 11.8. The molecule has 2 aromatic rings. The van der Waals surface area contributed by atoms with Crippen LogP contribution in [0, 0.1) is 0 Å². The predicted molar refractivity (Wildman–Crippen MR) is 76.9 cm³/mol. The number of carbonyl (C=O) groups is 1. The lowest BCUT2D eigenvalue weighted by molar-refractivity contribution is 0.0960. The van der Waals surface area contributed by atoms with Crippen molar-refractivity contribution in [2.24, 2.45) is 0 Å². The van der Waals surface area contributed by atoms with Gasteiger partial charge in [-0.3, -0.25) is 9.36 Å². The van der Waals surface area contributed by atoms with Crippen LogP contribution in [0.1, 0.15) is 17.3 Å². The highest BCUT2D eigenvalue weighted by Crippen LogP contribution is 2.30. The molecule has 106 valence electrons. The van der Waals surface area contributed by atoms with Gasteiger partial charge in [-0.25, -0.2) is 9.89 Å². The number of nitrogen functional groups attached to an aromatic ring is 1. The van der Waals surface area contributed by atoms with Crippen molar-refractivity contribution in [3.63, 3.8) is 0 Å². The highest BCUT2D eigenvalue weighted by molar-refractivity contribution is 7.99. The highest BCUT2D eigenvalue weighted by Gasteiger charge is 2.15. The SMILES string of the molecule is CCn1c(Sc2cc(N)ccc2C(=O)NC)n[nH]c1=O. The summed E-state index contributed by atoms with van der Waals surface area (Å²) in [5.41, 5.74) is 6.51. The Balaban J connectivity index is 2.44. The molecule has 0 saturated heterocycles. The number of nitrogens with zero attached hydrogens (tertiary/aromatic N) is 2. The molecule has 0 atom stereocenters. The van der Waals surface area contributed by atoms with Crippen LogP contribution in [0.4, 0.5) is 5.69 Å². The van der Waals surface area contributed by atoms with Gasteiger partial charge in [0.1, 0.15) is 0 Å². The van der Waals surface area contributed by atoms with Crippen molar-refractivity contribution < 1.29 is 4.79 Å². The van der Waals surface area contributed by atoms with E-state index in [4.69, 9.17) is 5.73 Å². The number of amides is 1. The monoisotopic (exact) mass is 293 g/mol. The summed E-state index contributed by atoms with van der Waals surface area (Å²) in [6.07, 6.45) is 0. The Labute approximate surface area is 119 Å². The number of hydrogen-bond acceptors (Lipinski definition) is 5. The molecule has 0 unspecified atom stereocenters. The van der Waals surface area contributed by atoms with E-state index in [1.54, 1.807) is 25.2 Å². The molecule has 0 spiro atoms. The van der Waals surface area contributed by atoms with Crippen LogP contribution in [0.15, 0.2) is 33.0 Å². The third kappa shape index (κ3) is 2.69. The first-order valence-electron chi connectivity index (χ1n) is 6.01. The number of carbonyl (C=O) groups excluding carboxylic acids is 1. The average molecular weight is 293 g/mol. The minimum absolute atomic E-state index is 0.214. The third-order valence-electron chi connectivity index (χ3n) is 2.72. The molecule has 20 heavy (non-hydrogen) atoms. The van der Waals surface area contributed by atoms with Crippen LogP contribution >= 0.6 is 11.8 Å². The summed E-state index contributed by atoms with van der Waals surface area (Å²) < 4.78 is 1.49. The largest absolute Gasteiger partial charge is 0.399 e. The summed E-state index contributed by atoms with van der Waals surface area (Å²) in [6, 6.07) is 5.00. The Morgan fingerprint density at radius 1 is 1.55 bits per heavy atom. The van der Waals surface area contributed by atoms with Crippen molar-refractivity contribution in [1.29, 1.82) is 0 Å². The molecule has 0 aliphatic heterocycles. The predicted octanol–water partition coefficient (Wildman–Crippen LogP) is 0.684. The molecule has 0 radical (unpaired) electrons. The van der Waals surface area contributed by atoms with E-state index >= 15 is 0 Å². The maximum absolute atomic E-state index is 11.8. The van der Waals surface area contributed by atoms with Gasteiger partial charge in [-0.05, 0) is 36.9 Å². The number of rotatable bonds is 4. The lowest BCUT2D eigenvalue weighted by Crippen LogP contribution is -2.19. The van der Waals surface area contributed by atoms with Gasteiger partial charge >= 0.3 is 5.69 Å². The van der Waals surface area contributed by atoms with Crippen LogP contribution < -0.4 is 16.7 Å². The van der Waals surface area contributed by atoms with E-state index in [2.05, 4.69) is 15.5 Å². The van der Waals surface area contributed by atoms with E-state index < -0.39 is 0 Å². The Kier molecular flexibility index (Phi) is 4.14. The molecule has 0 fully saturated rings. The smallest absolute Gasteiger partial charge is 0.343 e. The molecule has 2 rings (SSSR count). The van der Waals surface area contributed by atoms with Crippen molar-refractivity contribution in [3.8, 4) is 0 Å². The van der Waals surface area contributed by atoms with Crippen molar-refractivity contribution in [1.82, 2.24) is 20.1 Å². The van der Waals surface area contributed by atoms with Crippen molar-refractivity contribution >= 4 is 23.4 Å². The van der Waals surface area contributed by atoms with Crippen LogP contribution in [0.3, 0.4) is 0 Å². The summed E-state index contributed by atoms with van der Waals surface area (Å²) in [4.78, 5) is 24.0. The van der Waals surface area contributed by atoms with E-state index in [0.29, 0.717) is 27.8 Å². The minimum Gasteiger partial charge on any atom is -0.399 e. The van der Waals surface area contributed by atoms with Gasteiger partial charge in [-0.15, -0.1) is 5.10 Å². The van der Waals surface area contributed by atoms with Crippen LogP contribution in [0.25, 0.3) is 0 Å². The maximum Gasteiger partial charge on any atom is 0.343 e. The second-order valence-electron chi connectivity index (χ2n) is 3.99. The van der Waals surface area contributed by atoms with E-state index in [0.717, 1.165) is 0 Å². The molecular weight excluding hydrogens is 278 g/mol. The number of nitrogens with two attached hydrogens (primary N) is 1. The average Bonchev–Trinajstić information content (AvgIpc) is 2.78. The van der Waals surface area contributed by atoms with Crippen molar-refractivity contribution in [3.05, 3.63) is 34.2 Å². The van der Waals surface area contributed by atoms with Gasteiger partial charge in [0.2, 0.25) is 0 Å². The molecule has 0 aliphatic carbocycles. The first-order valence-corrected chi connectivity index (χ1v) is 6.83. The molecule has 0 aliphatic rings. The summed E-state index contributed by atoms with van der Waals surface area (Å²) in [6.45, 7) is 2.34. The zero-order valence-corrected chi connectivity index (χ0v) is 12.0. The van der Waals surface area contributed by atoms with Gasteiger partial charge in [-0.1, -0.05) is 0 Å². The fourth-order valence-electron chi connectivity index (χ4n) is 1.70. The molecule has 1 amide bonds. The quantitative estimate of drug-likeness (QED) is 0.719. The van der Waals surface area contributed by atoms with Crippen LogP contribution in [0.5, 0.6) is 0 Å². The summed E-state index contributed by atoms with van der Waals surface area (Å²) in [7, 11) is 1.56. The normalized spacial score (nSPS) is 10.5. The van der Waals surface area contributed by atoms with Gasteiger partial charge in [0.25, 0.3) is 5.91 Å². The van der Waals surface area contributed by atoms with Gasteiger partial charge in [-0.2, -0.15) is 0 Å². The van der Waals surface area contributed by atoms with Crippen LogP contribution in [-0.2, 0) is 6.54 Å². The van der Waals surface area contributed by atoms with E-state index in [-0.39, 0.29) is 11.6 Å². The van der Waals surface area contributed by atoms with Crippen LogP contribution in [-0.4, -0.2) is 27.7 Å². The van der Waals surface area contributed by atoms with Gasteiger partial charge in [0.05, 0.1) is 5.56 Å². The Hall–Kier alpha value is -2.22. The Bertz CT molecular complexity index is 691. The Morgan fingerprint density at radius 3 is 2.95 bits per heavy atom. The van der Waals surface area contributed by atoms with Gasteiger partial charge in [0.15, 0.2) is 5.16 Å². The number of hydrogen-bond donors (Lipinski definition) is 3. The molecule has 0 bridgehead atoms. The van der Waals surface area contributed by atoms with Gasteiger partial charge < -0.3 is 11.1 Å². The lowest BCUT2D eigenvalue weighted by Gasteiger charge is -2.08. The fourth-order valence-corrected chi connectivity index (χ4v) is 2.78. The first-order chi connectivity index (χ1) is 9.56. The van der Waals surface area contributed by atoms with E-state index in [1.807, 2.05) is 6.92 Å². The summed E-state index contributed by atoms with van der Waals surface area (Å²) in [5.74, 6) is -0.214. The van der Waals surface area contributed by atoms with Crippen LogP contribution in [0.2, 0.25) is 0 Å². The summed E-state index contributed by atoms with van der Waals surface area (Å²) >= 11 is 1.22. The third-order valence-corrected chi connectivity index (χ3v) is 3.77. The number of benzene rings is 1. The first kappa shape index (κ1) is 14.2. The molecule has 8 heteroatoms. The number of aromatic nitrogens is 3. The Morgan fingerprint density at radius 2 is 2.30 bits per heavy atom. The zero-order chi connectivity index (χ0) is 14.7. The number of anilines is 1. The molecule has 1 aromatic heterocycles. The fraction of sp³-hybridized carbons (Fsp3) is 0.250. The number of aromatic amines is 1. The summed E-state index contributed by atoms with van der Waals surface area (Å²) in [5, 5.41) is 9.41. The highest BCUT2D eigenvalue weighted by atomic mass is 32.2. The molecule has 0 saturated carbocycles. The van der Waals surface area contributed by atoms with Crippen molar-refractivity contribution in [2.45, 2.75) is 23.5 Å². The van der Waals surface area contributed by atoms with E-state index in [1.165, 1.54) is 16.3 Å². The minimum atomic E-state index is -0.277. The molecular formula is C12H15N5O2S. The topological polar surface area (TPSA) is 106 Å². The van der Waals surface area contributed by atoms with Crippen molar-refractivity contribution in [2.75, 3.05) is 12.8 Å². The zero-order valence-electron chi connectivity index (χ0n) is 11.1. The molecule has 7 nitrogen and oxygen atoms in total. The molecule has 1 heterocycles. The number of nitrogens with one attached hydrogen (secondary N) is 2. The van der Waals surface area contributed by atoms with E-state index in [9.17, 15) is 9.59 Å². The lowest BCUT2D eigenvalue weighted by atomic mass is 10.2. The molecule has 4 N–H and O–H groups in total. The second-order valence-corrected chi connectivity index (χ2v) is 5.00. The molecule has 1 aromatic carbocycles. The second kappa shape index (κ2) is 5.83. The van der Waals surface area contributed by atoms with Gasteiger partial charge in [0, 0.05) is 24.2 Å². The number of H-pyrrole nitrogens is 1.